The number of esters is 1. The molecule has 3 rings (SSSR count). The van der Waals surface area contributed by atoms with Crippen molar-refractivity contribution in [1.29, 1.82) is 0 Å². The van der Waals surface area contributed by atoms with Gasteiger partial charge in [0.1, 0.15) is 17.0 Å². The van der Waals surface area contributed by atoms with Crippen molar-refractivity contribution in [2.45, 2.75) is 51.0 Å². The van der Waals surface area contributed by atoms with Gasteiger partial charge in [-0.2, -0.15) is 0 Å². The highest BCUT2D eigenvalue weighted by molar-refractivity contribution is 7.11. The van der Waals surface area contributed by atoms with Crippen LogP contribution in [0.4, 0.5) is 0 Å². The highest BCUT2D eigenvalue weighted by atomic mass is 32.1. The van der Waals surface area contributed by atoms with E-state index in [1.165, 1.54) is 4.88 Å². The summed E-state index contributed by atoms with van der Waals surface area (Å²) in [5.41, 5.74) is 0.959. The van der Waals surface area contributed by atoms with Crippen molar-refractivity contribution >= 4 is 17.3 Å². The zero-order valence-electron chi connectivity index (χ0n) is 11.2. The van der Waals surface area contributed by atoms with Crippen LogP contribution in [0.5, 0.6) is 0 Å². The molecule has 5 heteroatoms. The maximum atomic E-state index is 12.0. The summed E-state index contributed by atoms with van der Waals surface area (Å²) in [7, 11) is 0. The Morgan fingerprint density at radius 1 is 1.47 bits per heavy atom. The maximum Gasteiger partial charge on any atom is 0.315 e. The third-order valence-electron chi connectivity index (χ3n) is 3.75. The van der Waals surface area contributed by atoms with Crippen molar-refractivity contribution in [2.24, 2.45) is 0 Å². The summed E-state index contributed by atoms with van der Waals surface area (Å²) in [5.74, 6) is -0.275. The molecule has 1 fully saturated rings. The summed E-state index contributed by atoms with van der Waals surface area (Å²) >= 11 is 1.73. The topological polar surface area (TPSA) is 48.4 Å². The lowest BCUT2D eigenvalue weighted by molar-refractivity contribution is -0.145. The lowest BCUT2D eigenvalue weighted by Gasteiger charge is -2.19. The van der Waals surface area contributed by atoms with E-state index in [-0.39, 0.29) is 18.0 Å². The van der Waals surface area contributed by atoms with Gasteiger partial charge in [0.2, 0.25) is 0 Å². The minimum atomic E-state index is -0.157. The monoisotopic (exact) mass is 281 g/mol. The van der Waals surface area contributed by atoms with Gasteiger partial charge < -0.3 is 9.47 Å². The van der Waals surface area contributed by atoms with Crippen LogP contribution < -0.4 is 0 Å². The summed E-state index contributed by atoms with van der Waals surface area (Å²) in [6.45, 7) is 3.12. The molecular weight excluding hydrogens is 262 g/mol. The molecule has 1 aromatic rings. The Morgan fingerprint density at radius 3 is 3.11 bits per heavy atom. The summed E-state index contributed by atoms with van der Waals surface area (Å²) in [5, 5.41) is 1.05. The Balaban J connectivity index is 1.85. The van der Waals surface area contributed by atoms with E-state index < -0.39 is 0 Å². The molecule has 0 radical (unpaired) electrons. The number of thiazole rings is 1. The number of hydrogen-bond donors (Lipinski definition) is 0. The fraction of sp³-hybridized carbons (Fsp3) is 0.714. The Hall–Kier alpha value is -0.940. The Labute approximate surface area is 117 Å². The highest BCUT2D eigenvalue weighted by Crippen LogP contribution is 2.39. The van der Waals surface area contributed by atoms with E-state index in [0.29, 0.717) is 6.61 Å². The van der Waals surface area contributed by atoms with E-state index in [1.54, 1.807) is 11.3 Å². The van der Waals surface area contributed by atoms with Gasteiger partial charge in [-0.15, -0.1) is 11.3 Å². The van der Waals surface area contributed by atoms with Crippen LogP contribution in [0.25, 0.3) is 0 Å². The molecule has 1 aliphatic heterocycles. The molecule has 1 aromatic heterocycles. The summed E-state index contributed by atoms with van der Waals surface area (Å²) in [4.78, 5) is 18.0. The molecule has 0 bridgehead atoms. The quantitative estimate of drug-likeness (QED) is 0.799. The number of aryl methyl sites for hydroxylation is 1. The third-order valence-corrected chi connectivity index (χ3v) is 4.97. The first-order valence-corrected chi connectivity index (χ1v) is 7.89. The second-order valence-electron chi connectivity index (χ2n) is 5.06. The van der Waals surface area contributed by atoms with Gasteiger partial charge in [-0.1, -0.05) is 0 Å². The van der Waals surface area contributed by atoms with E-state index >= 15 is 0 Å². The first kappa shape index (κ1) is 13.1. The van der Waals surface area contributed by atoms with Crippen LogP contribution in [-0.4, -0.2) is 24.2 Å². The second-order valence-corrected chi connectivity index (χ2v) is 6.17. The number of rotatable bonds is 3. The average molecular weight is 281 g/mol. The Morgan fingerprint density at radius 2 is 2.37 bits per heavy atom. The van der Waals surface area contributed by atoms with E-state index in [2.05, 4.69) is 0 Å². The van der Waals surface area contributed by atoms with Crippen LogP contribution in [0.3, 0.4) is 0 Å². The van der Waals surface area contributed by atoms with Crippen LogP contribution in [0.2, 0.25) is 0 Å². The van der Waals surface area contributed by atoms with E-state index in [0.717, 1.165) is 49.4 Å². The van der Waals surface area contributed by atoms with Gasteiger partial charge in [-0.25, -0.2) is 4.98 Å². The molecule has 0 spiro atoms. The first-order chi connectivity index (χ1) is 9.29. The first-order valence-electron chi connectivity index (χ1n) is 7.07. The third kappa shape index (κ3) is 2.54. The van der Waals surface area contributed by atoms with Crippen LogP contribution in [0.15, 0.2) is 0 Å². The fourth-order valence-corrected chi connectivity index (χ4v) is 4.07. The molecule has 1 saturated heterocycles. The molecule has 0 amide bonds. The number of ether oxygens (including phenoxy) is 2. The van der Waals surface area contributed by atoms with Gasteiger partial charge in [-0.05, 0) is 39.0 Å². The SMILES string of the molecule is CCOC(=O)C1CCCc2sc(C3CCCO3)nc21. The zero-order valence-corrected chi connectivity index (χ0v) is 12.0. The van der Waals surface area contributed by atoms with Crippen LogP contribution >= 0.6 is 11.3 Å². The van der Waals surface area contributed by atoms with E-state index in [9.17, 15) is 4.79 Å². The number of aromatic nitrogens is 1. The minimum absolute atomic E-state index is 0.118. The Kier molecular flexibility index (Phi) is 3.84. The molecule has 2 atom stereocenters. The van der Waals surface area contributed by atoms with Crippen molar-refractivity contribution < 1.29 is 14.3 Å². The summed E-state index contributed by atoms with van der Waals surface area (Å²) in [6, 6.07) is 0. The van der Waals surface area contributed by atoms with Crippen molar-refractivity contribution in [1.82, 2.24) is 4.98 Å². The smallest absolute Gasteiger partial charge is 0.315 e. The van der Waals surface area contributed by atoms with Gasteiger partial charge in [0.15, 0.2) is 0 Å². The van der Waals surface area contributed by atoms with Gasteiger partial charge in [0.25, 0.3) is 0 Å². The van der Waals surface area contributed by atoms with Gasteiger partial charge in [0.05, 0.1) is 12.3 Å². The lowest BCUT2D eigenvalue weighted by atomic mass is 9.91. The van der Waals surface area contributed by atoms with Crippen molar-refractivity contribution in [3.8, 4) is 0 Å². The summed E-state index contributed by atoms with van der Waals surface area (Å²) < 4.78 is 10.9. The van der Waals surface area contributed by atoms with Crippen molar-refractivity contribution in [2.75, 3.05) is 13.2 Å². The Bertz CT molecular complexity index is 465. The molecule has 2 heterocycles. The largest absolute Gasteiger partial charge is 0.465 e. The van der Waals surface area contributed by atoms with Crippen LogP contribution in [0.1, 0.15) is 60.2 Å². The maximum absolute atomic E-state index is 12.0. The molecule has 0 N–H and O–H groups in total. The normalized spacial score (nSPS) is 26.2. The number of fused-ring (bicyclic) bond motifs is 1. The summed E-state index contributed by atoms with van der Waals surface area (Å²) in [6.07, 6.45) is 5.25. The molecule has 0 saturated carbocycles. The molecule has 1 aliphatic carbocycles. The molecule has 2 aliphatic rings. The van der Waals surface area contributed by atoms with Gasteiger partial charge in [0, 0.05) is 11.5 Å². The van der Waals surface area contributed by atoms with Gasteiger partial charge >= 0.3 is 5.97 Å². The van der Waals surface area contributed by atoms with Crippen molar-refractivity contribution in [3.63, 3.8) is 0 Å². The molecular formula is C14H19NO3S. The van der Waals surface area contributed by atoms with E-state index in [4.69, 9.17) is 14.5 Å². The standard InChI is InChI=1S/C14H19NO3S/c1-2-17-14(16)9-5-3-7-11-12(9)15-13(19-11)10-6-4-8-18-10/h9-10H,2-8H2,1H3. The molecule has 19 heavy (non-hydrogen) atoms. The van der Waals surface area contributed by atoms with E-state index in [1.807, 2.05) is 6.92 Å². The molecule has 4 nitrogen and oxygen atoms in total. The lowest BCUT2D eigenvalue weighted by Crippen LogP contribution is -2.20. The number of carbonyl (C=O) groups is 1. The molecule has 0 aromatic carbocycles. The fourth-order valence-electron chi connectivity index (χ4n) is 2.82. The zero-order chi connectivity index (χ0) is 13.2. The van der Waals surface area contributed by atoms with Crippen LogP contribution in [-0.2, 0) is 20.7 Å². The molecule has 2 unspecified atom stereocenters. The van der Waals surface area contributed by atoms with Crippen molar-refractivity contribution in [3.05, 3.63) is 15.6 Å². The predicted octanol–water partition coefficient (Wildman–Crippen LogP) is 2.98. The van der Waals surface area contributed by atoms with Crippen LogP contribution in [0, 0.1) is 0 Å². The number of nitrogens with zero attached hydrogens (tertiary/aromatic N) is 1. The average Bonchev–Trinajstić information content (AvgIpc) is 3.06. The minimum Gasteiger partial charge on any atom is -0.465 e. The molecule has 104 valence electrons. The predicted molar refractivity (Wildman–Crippen MR) is 72.4 cm³/mol. The van der Waals surface area contributed by atoms with Gasteiger partial charge in [-0.3, -0.25) is 4.79 Å². The number of hydrogen-bond acceptors (Lipinski definition) is 5. The number of carbonyl (C=O) groups excluding carboxylic acids is 1. The second kappa shape index (κ2) is 5.59. The highest BCUT2D eigenvalue weighted by Gasteiger charge is 2.33.